The summed E-state index contributed by atoms with van der Waals surface area (Å²) in [6.45, 7) is 0. The molecule has 0 radical (unpaired) electrons. The lowest BCUT2D eigenvalue weighted by Crippen LogP contribution is -1.91. The summed E-state index contributed by atoms with van der Waals surface area (Å²) in [5.41, 5.74) is 9.19. The van der Waals surface area contributed by atoms with Gasteiger partial charge in [-0.05, 0) is 113 Å². The van der Waals surface area contributed by atoms with Crippen LogP contribution in [0.25, 0.3) is 98.4 Å². The van der Waals surface area contributed by atoms with Gasteiger partial charge < -0.3 is 4.42 Å². The number of furan rings is 1. The second-order valence-electron chi connectivity index (χ2n) is 12.5. The lowest BCUT2D eigenvalue weighted by Gasteiger charge is -2.19. The van der Waals surface area contributed by atoms with Crippen LogP contribution in [0.3, 0.4) is 0 Å². The Morgan fingerprint density at radius 2 is 0.787 bits per heavy atom. The Morgan fingerprint density at radius 1 is 0.255 bits per heavy atom. The topological polar surface area (TPSA) is 13.1 Å². The van der Waals surface area contributed by atoms with Crippen molar-refractivity contribution >= 4 is 65.0 Å². The lowest BCUT2D eigenvalue weighted by molar-refractivity contribution is 0.669. The molecule has 1 nitrogen and oxygen atoms in total. The van der Waals surface area contributed by atoms with Gasteiger partial charge in [-0.1, -0.05) is 133 Å². The van der Waals surface area contributed by atoms with Crippen molar-refractivity contribution in [2.24, 2.45) is 0 Å². The molecule has 10 aromatic rings. The van der Waals surface area contributed by atoms with Crippen molar-refractivity contribution in [2.75, 3.05) is 0 Å². The van der Waals surface area contributed by atoms with E-state index >= 15 is 0 Å². The third kappa shape index (κ3) is 4.10. The maximum atomic E-state index is 6.40. The molecule has 0 N–H and O–H groups in total. The molecule has 0 fully saturated rings. The quantitative estimate of drug-likeness (QED) is 0.185. The van der Waals surface area contributed by atoms with Gasteiger partial charge in [0.05, 0.1) is 0 Å². The molecule has 47 heavy (non-hydrogen) atoms. The second kappa shape index (κ2) is 10.2. The smallest absolute Gasteiger partial charge is 0.136 e. The maximum Gasteiger partial charge on any atom is 0.136 e. The summed E-state index contributed by atoms with van der Waals surface area (Å²) in [6.07, 6.45) is 0. The molecule has 0 unspecified atom stereocenters. The van der Waals surface area contributed by atoms with Crippen LogP contribution in [0.2, 0.25) is 0 Å². The highest BCUT2D eigenvalue weighted by atomic mass is 16.3. The molecule has 10 rings (SSSR count). The van der Waals surface area contributed by atoms with Crippen molar-refractivity contribution in [1.29, 1.82) is 0 Å². The Balaban J connectivity index is 1.28. The van der Waals surface area contributed by atoms with Gasteiger partial charge in [0.15, 0.2) is 0 Å². The van der Waals surface area contributed by atoms with Gasteiger partial charge >= 0.3 is 0 Å². The average molecular weight is 597 g/mol. The first-order valence-corrected chi connectivity index (χ1v) is 16.2. The molecular weight excluding hydrogens is 569 g/mol. The molecule has 0 spiro atoms. The van der Waals surface area contributed by atoms with Crippen molar-refractivity contribution in [1.82, 2.24) is 0 Å². The van der Waals surface area contributed by atoms with E-state index < -0.39 is 0 Å². The number of hydrogen-bond acceptors (Lipinski definition) is 1. The first-order valence-electron chi connectivity index (χ1n) is 16.2. The van der Waals surface area contributed by atoms with E-state index in [4.69, 9.17) is 4.42 Å². The number of fused-ring (bicyclic) bond motifs is 7. The zero-order chi connectivity index (χ0) is 30.9. The Kier molecular flexibility index (Phi) is 5.64. The van der Waals surface area contributed by atoms with E-state index in [-0.39, 0.29) is 0 Å². The standard InChI is InChI=1S/C46H28O/c1-2-11-30(12-3-1)45-37-16-8-9-17-38(37)46(39-22-20-35(26-42(39)45)34-19-18-29-10-4-5-13-31(29)24-34)36-21-23-43-40(27-36)41-25-32-14-6-7-15-33(32)28-44(41)47-43/h1-28H. The zero-order valence-corrected chi connectivity index (χ0v) is 25.6. The monoisotopic (exact) mass is 596 g/mol. The van der Waals surface area contributed by atoms with E-state index in [2.05, 4.69) is 170 Å². The fraction of sp³-hybridized carbons (Fsp3) is 0. The van der Waals surface area contributed by atoms with Gasteiger partial charge in [0.1, 0.15) is 11.2 Å². The molecule has 1 heteroatoms. The number of rotatable bonds is 3. The summed E-state index contributed by atoms with van der Waals surface area (Å²) in [7, 11) is 0. The normalized spacial score (nSPS) is 11.8. The molecular formula is C46H28O. The van der Waals surface area contributed by atoms with Crippen LogP contribution in [0.4, 0.5) is 0 Å². The third-order valence-electron chi connectivity index (χ3n) is 9.80. The number of hydrogen-bond donors (Lipinski definition) is 0. The van der Waals surface area contributed by atoms with Crippen molar-refractivity contribution in [3.8, 4) is 33.4 Å². The molecule has 9 aromatic carbocycles. The van der Waals surface area contributed by atoms with Gasteiger partial charge in [-0.25, -0.2) is 0 Å². The van der Waals surface area contributed by atoms with Gasteiger partial charge in [-0.15, -0.1) is 0 Å². The molecule has 0 saturated heterocycles. The first-order chi connectivity index (χ1) is 23.3. The van der Waals surface area contributed by atoms with E-state index in [9.17, 15) is 0 Å². The molecule has 1 aromatic heterocycles. The van der Waals surface area contributed by atoms with E-state index in [1.54, 1.807) is 0 Å². The van der Waals surface area contributed by atoms with Gasteiger partial charge in [0, 0.05) is 10.8 Å². The Bertz CT molecular complexity index is 2840. The molecule has 0 aliphatic rings. The van der Waals surface area contributed by atoms with E-state index in [1.165, 1.54) is 76.5 Å². The molecule has 0 bridgehead atoms. The summed E-state index contributed by atoms with van der Waals surface area (Å²) in [5, 5.41) is 12.2. The minimum atomic E-state index is 0.909. The summed E-state index contributed by atoms with van der Waals surface area (Å²) in [5.74, 6) is 0. The van der Waals surface area contributed by atoms with Gasteiger partial charge in [-0.2, -0.15) is 0 Å². The van der Waals surface area contributed by atoms with Crippen molar-refractivity contribution in [2.45, 2.75) is 0 Å². The summed E-state index contributed by atoms with van der Waals surface area (Å²) >= 11 is 0. The summed E-state index contributed by atoms with van der Waals surface area (Å²) in [4.78, 5) is 0. The van der Waals surface area contributed by atoms with E-state index in [1.807, 2.05) is 0 Å². The summed E-state index contributed by atoms with van der Waals surface area (Å²) in [6, 6.07) is 61.7. The Labute approximate surface area is 271 Å². The molecule has 0 atom stereocenters. The highest BCUT2D eigenvalue weighted by molar-refractivity contribution is 6.23. The third-order valence-corrected chi connectivity index (χ3v) is 9.80. The zero-order valence-electron chi connectivity index (χ0n) is 25.6. The average Bonchev–Trinajstić information content (AvgIpc) is 3.49. The minimum absolute atomic E-state index is 0.909. The first kappa shape index (κ1) is 26.1. The highest BCUT2D eigenvalue weighted by Crippen LogP contribution is 2.46. The lowest BCUT2D eigenvalue weighted by atomic mass is 9.84. The van der Waals surface area contributed by atoms with Crippen LogP contribution >= 0.6 is 0 Å². The van der Waals surface area contributed by atoms with Crippen LogP contribution in [0.1, 0.15) is 0 Å². The van der Waals surface area contributed by atoms with E-state index in [0.717, 1.165) is 21.9 Å². The predicted molar refractivity (Wildman–Crippen MR) is 200 cm³/mol. The largest absolute Gasteiger partial charge is 0.456 e. The minimum Gasteiger partial charge on any atom is -0.456 e. The van der Waals surface area contributed by atoms with Crippen LogP contribution in [-0.2, 0) is 0 Å². The van der Waals surface area contributed by atoms with Gasteiger partial charge in [-0.3, -0.25) is 0 Å². The molecule has 218 valence electrons. The molecule has 0 aliphatic heterocycles. The van der Waals surface area contributed by atoms with Gasteiger partial charge in [0.25, 0.3) is 0 Å². The molecule has 0 saturated carbocycles. The van der Waals surface area contributed by atoms with Crippen molar-refractivity contribution in [3.63, 3.8) is 0 Å². The van der Waals surface area contributed by atoms with Crippen LogP contribution in [0.15, 0.2) is 174 Å². The Morgan fingerprint density at radius 3 is 1.57 bits per heavy atom. The van der Waals surface area contributed by atoms with Crippen molar-refractivity contribution < 1.29 is 4.42 Å². The highest BCUT2D eigenvalue weighted by Gasteiger charge is 2.19. The predicted octanol–water partition coefficient (Wildman–Crippen LogP) is 13.2. The second-order valence-corrected chi connectivity index (χ2v) is 12.5. The molecule has 0 amide bonds. The molecule has 0 aliphatic carbocycles. The fourth-order valence-electron chi connectivity index (χ4n) is 7.57. The SMILES string of the molecule is c1ccc(-c2c3ccccc3c(-c3ccc4oc5cc6ccccc6cc5c4c3)c3ccc(-c4ccc5ccccc5c4)cc23)cc1. The van der Waals surface area contributed by atoms with Crippen LogP contribution < -0.4 is 0 Å². The van der Waals surface area contributed by atoms with Crippen molar-refractivity contribution in [3.05, 3.63) is 170 Å². The molecule has 1 heterocycles. The van der Waals surface area contributed by atoms with Crippen LogP contribution in [0, 0.1) is 0 Å². The van der Waals surface area contributed by atoms with Crippen LogP contribution in [0.5, 0.6) is 0 Å². The fourth-order valence-corrected chi connectivity index (χ4v) is 7.57. The van der Waals surface area contributed by atoms with E-state index in [0.29, 0.717) is 0 Å². The van der Waals surface area contributed by atoms with Crippen LogP contribution in [-0.4, -0.2) is 0 Å². The summed E-state index contributed by atoms with van der Waals surface area (Å²) < 4.78 is 6.40. The Hall–Kier alpha value is -6.18. The van der Waals surface area contributed by atoms with Gasteiger partial charge in [0.2, 0.25) is 0 Å². The maximum absolute atomic E-state index is 6.40. The number of benzene rings is 9.